The number of amides is 1. The van der Waals surface area contributed by atoms with E-state index in [-0.39, 0.29) is 11.7 Å². The van der Waals surface area contributed by atoms with Crippen LogP contribution in [0.4, 0.5) is 5.82 Å². The molecular formula is C25H23N5O6. The van der Waals surface area contributed by atoms with Crippen LogP contribution >= 0.6 is 0 Å². The molecule has 1 unspecified atom stereocenters. The number of carbonyl (C=O) groups excluding carboxylic acids is 2. The largest absolute Gasteiger partial charge is 0.453 e. The van der Waals surface area contributed by atoms with Gasteiger partial charge in [0.1, 0.15) is 18.5 Å². The van der Waals surface area contributed by atoms with Crippen molar-refractivity contribution >= 4 is 28.9 Å². The number of aromatic nitrogens is 4. The van der Waals surface area contributed by atoms with E-state index in [0.717, 1.165) is 0 Å². The number of anilines is 1. The van der Waals surface area contributed by atoms with E-state index in [0.29, 0.717) is 22.3 Å². The Labute approximate surface area is 205 Å². The molecule has 2 N–H and O–H groups in total. The van der Waals surface area contributed by atoms with Crippen LogP contribution in [-0.2, 0) is 14.2 Å². The zero-order chi connectivity index (χ0) is 25.1. The van der Waals surface area contributed by atoms with Crippen LogP contribution < -0.4 is 5.32 Å². The predicted molar refractivity (Wildman–Crippen MR) is 127 cm³/mol. The van der Waals surface area contributed by atoms with Crippen LogP contribution in [0.3, 0.4) is 0 Å². The predicted octanol–water partition coefficient (Wildman–Crippen LogP) is 2.21. The van der Waals surface area contributed by atoms with Crippen molar-refractivity contribution in [3.8, 4) is 0 Å². The highest BCUT2D eigenvalue weighted by Gasteiger charge is 2.48. The summed E-state index contributed by atoms with van der Waals surface area (Å²) in [6.07, 6.45) is -0.556. The molecule has 1 aliphatic rings. The molecule has 1 amide bonds. The Balaban J connectivity index is 1.42. The third-order valence-corrected chi connectivity index (χ3v) is 5.89. The Morgan fingerprint density at radius 2 is 1.69 bits per heavy atom. The SMILES string of the molecule is CO[C@H]1C(OC(=O)c2ccccc2)[C@@H](CO)O[C@H]1n1cnc2c(NC(=O)c3ccccc3)ncnc21. The van der Waals surface area contributed by atoms with Gasteiger partial charge in [-0.15, -0.1) is 0 Å². The Morgan fingerprint density at radius 3 is 2.36 bits per heavy atom. The highest BCUT2D eigenvalue weighted by atomic mass is 16.6. The van der Waals surface area contributed by atoms with Crippen LogP contribution in [0.5, 0.6) is 0 Å². The van der Waals surface area contributed by atoms with E-state index in [1.54, 1.807) is 59.2 Å². The highest BCUT2D eigenvalue weighted by Crippen LogP contribution is 2.35. The molecule has 0 aliphatic carbocycles. The van der Waals surface area contributed by atoms with Gasteiger partial charge in [-0.25, -0.2) is 19.7 Å². The second-order valence-electron chi connectivity index (χ2n) is 8.05. The number of benzene rings is 2. The Morgan fingerprint density at radius 1 is 1.00 bits per heavy atom. The number of hydrogen-bond acceptors (Lipinski definition) is 9. The lowest BCUT2D eigenvalue weighted by atomic mass is 10.1. The van der Waals surface area contributed by atoms with Gasteiger partial charge in [0.15, 0.2) is 29.3 Å². The van der Waals surface area contributed by atoms with E-state index in [2.05, 4.69) is 20.3 Å². The lowest BCUT2D eigenvalue weighted by Gasteiger charge is -2.23. The Kier molecular flexibility index (Phi) is 6.67. The standard InChI is InChI=1S/C25H23N5O6/c1-34-20-19(36-25(33)16-10-6-3-7-11-16)17(12-31)35-24(20)30-14-28-18-21(26-13-27-22(18)30)29-23(32)15-8-4-2-5-9-15/h2-11,13-14,17,19-20,24,31H,12H2,1H3,(H,26,27,29,32)/t17-,19?,20+,24-/m1/s1. The maximum absolute atomic E-state index is 12.7. The molecule has 1 fully saturated rings. The molecule has 2 aromatic carbocycles. The van der Waals surface area contributed by atoms with E-state index in [1.807, 2.05) is 6.07 Å². The molecule has 11 heteroatoms. The topological polar surface area (TPSA) is 138 Å². The fourth-order valence-electron chi connectivity index (χ4n) is 4.14. The fraction of sp³-hybridized carbons (Fsp3) is 0.240. The summed E-state index contributed by atoms with van der Waals surface area (Å²) >= 11 is 0. The summed E-state index contributed by atoms with van der Waals surface area (Å²) < 4.78 is 19.0. The number of ether oxygens (including phenoxy) is 3. The number of hydrogen-bond donors (Lipinski definition) is 2. The van der Waals surface area contributed by atoms with Crippen molar-refractivity contribution in [3.05, 3.63) is 84.4 Å². The summed E-state index contributed by atoms with van der Waals surface area (Å²) in [6.45, 7) is -0.400. The van der Waals surface area contributed by atoms with Gasteiger partial charge in [-0.2, -0.15) is 0 Å². The molecular weight excluding hydrogens is 466 g/mol. The van der Waals surface area contributed by atoms with Crippen molar-refractivity contribution in [1.29, 1.82) is 0 Å². The van der Waals surface area contributed by atoms with Crippen LogP contribution in [-0.4, -0.2) is 68.5 Å². The fourth-order valence-corrected chi connectivity index (χ4v) is 4.14. The van der Waals surface area contributed by atoms with Gasteiger partial charge in [0.05, 0.1) is 18.5 Å². The van der Waals surface area contributed by atoms with E-state index >= 15 is 0 Å². The summed E-state index contributed by atoms with van der Waals surface area (Å²) in [7, 11) is 1.46. The van der Waals surface area contributed by atoms with Gasteiger partial charge < -0.3 is 24.6 Å². The van der Waals surface area contributed by atoms with Gasteiger partial charge in [0.25, 0.3) is 5.91 Å². The van der Waals surface area contributed by atoms with Gasteiger partial charge in [0.2, 0.25) is 0 Å². The number of aliphatic hydroxyl groups excluding tert-OH is 1. The molecule has 11 nitrogen and oxygen atoms in total. The van der Waals surface area contributed by atoms with Gasteiger partial charge >= 0.3 is 5.97 Å². The Hall–Kier alpha value is -4.19. The molecule has 2 aromatic heterocycles. The number of nitrogens with one attached hydrogen (secondary N) is 1. The molecule has 0 radical (unpaired) electrons. The van der Waals surface area contributed by atoms with Crippen LogP contribution in [0.1, 0.15) is 26.9 Å². The average Bonchev–Trinajstić information content (AvgIpc) is 3.51. The molecule has 4 atom stereocenters. The van der Waals surface area contributed by atoms with Crippen molar-refractivity contribution < 1.29 is 28.9 Å². The number of methoxy groups -OCH3 is 1. The minimum atomic E-state index is -0.894. The maximum atomic E-state index is 12.7. The number of aliphatic hydroxyl groups is 1. The first-order chi connectivity index (χ1) is 17.6. The minimum Gasteiger partial charge on any atom is -0.453 e. The van der Waals surface area contributed by atoms with Gasteiger partial charge in [-0.3, -0.25) is 9.36 Å². The molecule has 5 rings (SSSR count). The first-order valence-corrected chi connectivity index (χ1v) is 11.2. The molecule has 36 heavy (non-hydrogen) atoms. The van der Waals surface area contributed by atoms with Crippen LogP contribution in [0.15, 0.2) is 73.3 Å². The second kappa shape index (κ2) is 10.2. The molecule has 3 heterocycles. The quantitative estimate of drug-likeness (QED) is 0.374. The van der Waals surface area contributed by atoms with Crippen molar-refractivity contribution in [1.82, 2.24) is 19.5 Å². The monoisotopic (exact) mass is 489 g/mol. The number of carbonyl (C=O) groups is 2. The second-order valence-corrected chi connectivity index (χ2v) is 8.05. The van der Waals surface area contributed by atoms with Crippen LogP contribution in [0.25, 0.3) is 11.2 Å². The Bertz CT molecular complexity index is 1360. The molecule has 4 aromatic rings. The molecule has 0 saturated carbocycles. The third kappa shape index (κ3) is 4.42. The first-order valence-electron chi connectivity index (χ1n) is 11.2. The number of rotatable bonds is 7. The lowest BCUT2D eigenvalue weighted by molar-refractivity contribution is -0.0583. The van der Waals surface area contributed by atoms with Crippen LogP contribution in [0, 0.1) is 0 Å². The van der Waals surface area contributed by atoms with Gasteiger partial charge in [-0.1, -0.05) is 36.4 Å². The van der Waals surface area contributed by atoms with E-state index in [4.69, 9.17) is 14.2 Å². The van der Waals surface area contributed by atoms with Crippen molar-refractivity contribution in [2.24, 2.45) is 0 Å². The molecule has 1 saturated heterocycles. The zero-order valence-electron chi connectivity index (χ0n) is 19.2. The van der Waals surface area contributed by atoms with E-state index in [9.17, 15) is 14.7 Å². The summed E-state index contributed by atoms with van der Waals surface area (Å²) in [5.41, 5.74) is 1.54. The van der Waals surface area contributed by atoms with Crippen molar-refractivity contribution in [2.45, 2.75) is 24.5 Å². The van der Waals surface area contributed by atoms with E-state index < -0.39 is 37.1 Å². The zero-order valence-corrected chi connectivity index (χ0v) is 19.2. The number of imidazole rings is 1. The number of esters is 1. The number of fused-ring (bicyclic) bond motifs is 1. The molecule has 184 valence electrons. The first kappa shape index (κ1) is 23.5. The van der Waals surface area contributed by atoms with Crippen molar-refractivity contribution in [2.75, 3.05) is 19.0 Å². The highest BCUT2D eigenvalue weighted by molar-refractivity contribution is 6.06. The summed E-state index contributed by atoms with van der Waals surface area (Å²) in [5, 5.41) is 12.7. The van der Waals surface area contributed by atoms with Crippen LogP contribution in [0.2, 0.25) is 0 Å². The normalized spacial score (nSPS) is 21.4. The lowest BCUT2D eigenvalue weighted by Crippen LogP contribution is -2.39. The smallest absolute Gasteiger partial charge is 0.338 e. The summed E-state index contributed by atoms with van der Waals surface area (Å²) in [4.78, 5) is 38.2. The third-order valence-electron chi connectivity index (χ3n) is 5.89. The summed E-state index contributed by atoms with van der Waals surface area (Å²) in [5.74, 6) is -0.676. The molecule has 0 bridgehead atoms. The average molecular weight is 489 g/mol. The van der Waals surface area contributed by atoms with Crippen molar-refractivity contribution in [3.63, 3.8) is 0 Å². The van der Waals surface area contributed by atoms with E-state index in [1.165, 1.54) is 19.8 Å². The summed E-state index contributed by atoms with van der Waals surface area (Å²) in [6, 6.07) is 17.2. The molecule has 0 spiro atoms. The number of nitrogens with zero attached hydrogens (tertiary/aromatic N) is 4. The van der Waals surface area contributed by atoms with Gasteiger partial charge in [-0.05, 0) is 24.3 Å². The molecule has 1 aliphatic heterocycles. The minimum absolute atomic E-state index is 0.227. The van der Waals surface area contributed by atoms with Gasteiger partial charge in [0, 0.05) is 12.7 Å². The maximum Gasteiger partial charge on any atom is 0.338 e.